The van der Waals surface area contributed by atoms with Gasteiger partial charge in [0.1, 0.15) is 0 Å². The highest BCUT2D eigenvalue weighted by Crippen LogP contribution is 2.24. The fourth-order valence-corrected chi connectivity index (χ4v) is 2.23. The maximum atomic E-state index is 11.7. The summed E-state index contributed by atoms with van der Waals surface area (Å²) in [5.74, 6) is -0.201. The number of hydrogen-bond donors (Lipinski definition) is 1. The van der Waals surface area contributed by atoms with E-state index in [4.69, 9.17) is 0 Å². The molecular weight excluding hydrogens is 230 g/mol. The van der Waals surface area contributed by atoms with Crippen LogP contribution in [0.4, 0.5) is 16.2 Å². The van der Waals surface area contributed by atoms with E-state index in [0.29, 0.717) is 13.0 Å². The minimum atomic E-state index is -0.331. The van der Waals surface area contributed by atoms with E-state index in [0.717, 1.165) is 18.8 Å². The lowest BCUT2D eigenvalue weighted by Crippen LogP contribution is -2.49. The maximum absolute atomic E-state index is 11.7. The Morgan fingerprint density at radius 1 is 0.944 bits per heavy atom. The van der Waals surface area contributed by atoms with E-state index >= 15 is 0 Å². The van der Waals surface area contributed by atoms with Crippen LogP contribution in [0, 0.1) is 0 Å². The number of hydrogen-bond acceptors (Lipinski definition) is 3. The molecule has 0 aromatic heterocycles. The molecule has 5 heteroatoms. The molecule has 0 saturated carbocycles. The minimum Gasteiger partial charge on any atom is -0.371 e. The molecule has 94 valence electrons. The SMILES string of the molecule is O=C1CCN(c2ccc(N3CCC3)cc2)C(=O)N1. The van der Waals surface area contributed by atoms with Crippen molar-refractivity contribution in [3.05, 3.63) is 24.3 Å². The summed E-state index contributed by atoms with van der Waals surface area (Å²) in [5, 5.41) is 2.33. The topological polar surface area (TPSA) is 52.7 Å². The lowest BCUT2D eigenvalue weighted by Gasteiger charge is -2.33. The third-order valence-electron chi connectivity index (χ3n) is 3.44. The zero-order chi connectivity index (χ0) is 12.5. The van der Waals surface area contributed by atoms with Crippen LogP contribution in [0.5, 0.6) is 0 Å². The average molecular weight is 245 g/mol. The highest BCUT2D eigenvalue weighted by molar-refractivity contribution is 6.05. The summed E-state index contributed by atoms with van der Waals surface area (Å²) in [7, 11) is 0. The van der Waals surface area contributed by atoms with Gasteiger partial charge in [-0.2, -0.15) is 0 Å². The van der Waals surface area contributed by atoms with E-state index in [1.807, 2.05) is 24.3 Å². The molecule has 2 saturated heterocycles. The number of benzene rings is 1. The zero-order valence-electron chi connectivity index (χ0n) is 10.1. The molecule has 0 spiro atoms. The lowest BCUT2D eigenvalue weighted by atomic mass is 10.1. The fraction of sp³-hybridized carbons (Fsp3) is 0.385. The van der Waals surface area contributed by atoms with Crippen molar-refractivity contribution >= 4 is 23.3 Å². The number of nitrogens with one attached hydrogen (secondary N) is 1. The van der Waals surface area contributed by atoms with Crippen LogP contribution in [-0.2, 0) is 4.79 Å². The van der Waals surface area contributed by atoms with E-state index in [9.17, 15) is 9.59 Å². The molecule has 2 heterocycles. The smallest absolute Gasteiger partial charge is 0.328 e. The second-order valence-electron chi connectivity index (χ2n) is 4.61. The van der Waals surface area contributed by atoms with Gasteiger partial charge in [0, 0.05) is 37.4 Å². The van der Waals surface area contributed by atoms with Gasteiger partial charge in [0.15, 0.2) is 0 Å². The summed E-state index contributed by atoms with van der Waals surface area (Å²) in [6, 6.07) is 7.59. The van der Waals surface area contributed by atoms with Gasteiger partial charge in [-0.25, -0.2) is 4.79 Å². The van der Waals surface area contributed by atoms with Crippen LogP contribution in [0.3, 0.4) is 0 Å². The highest BCUT2D eigenvalue weighted by atomic mass is 16.2. The van der Waals surface area contributed by atoms with Crippen LogP contribution in [0.2, 0.25) is 0 Å². The summed E-state index contributed by atoms with van der Waals surface area (Å²) >= 11 is 0. The van der Waals surface area contributed by atoms with Crippen molar-refractivity contribution in [1.29, 1.82) is 0 Å². The number of anilines is 2. The summed E-state index contributed by atoms with van der Waals surface area (Å²) < 4.78 is 0. The molecule has 0 unspecified atom stereocenters. The Kier molecular flexibility index (Phi) is 2.66. The van der Waals surface area contributed by atoms with E-state index in [2.05, 4.69) is 10.2 Å². The second-order valence-corrected chi connectivity index (χ2v) is 4.61. The summed E-state index contributed by atoms with van der Waals surface area (Å²) in [6.45, 7) is 2.67. The Morgan fingerprint density at radius 3 is 2.17 bits per heavy atom. The van der Waals surface area contributed by atoms with Gasteiger partial charge in [0.05, 0.1) is 0 Å². The molecule has 3 amide bonds. The van der Waals surface area contributed by atoms with Crippen LogP contribution in [0.25, 0.3) is 0 Å². The molecule has 2 fully saturated rings. The van der Waals surface area contributed by atoms with E-state index in [-0.39, 0.29) is 11.9 Å². The predicted octanol–water partition coefficient (Wildman–Crippen LogP) is 1.34. The van der Waals surface area contributed by atoms with E-state index < -0.39 is 0 Å². The van der Waals surface area contributed by atoms with Crippen molar-refractivity contribution in [3.63, 3.8) is 0 Å². The molecule has 0 bridgehead atoms. The van der Waals surface area contributed by atoms with Crippen molar-refractivity contribution in [2.45, 2.75) is 12.8 Å². The van der Waals surface area contributed by atoms with Crippen LogP contribution in [0.15, 0.2) is 24.3 Å². The van der Waals surface area contributed by atoms with Crippen LogP contribution >= 0.6 is 0 Å². The maximum Gasteiger partial charge on any atom is 0.328 e. The molecule has 1 aromatic rings. The first-order valence-electron chi connectivity index (χ1n) is 6.20. The third kappa shape index (κ3) is 1.92. The first-order chi connectivity index (χ1) is 8.74. The Morgan fingerprint density at radius 2 is 1.61 bits per heavy atom. The predicted molar refractivity (Wildman–Crippen MR) is 68.8 cm³/mol. The molecule has 18 heavy (non-hydrogen) atoms. The third-order valence-corrected chi connectivity index (χ3v) is 3.44. The van der Waals surface area contributed by atoms with Gasteiger partial charge < -0.3 is 4.90 Å². The van der Waals surface area contributed by atoms with Gasteiger partial charge in [-0.15, -0.1) is 0 Å². The van der Waals surface area contributed by atoms with Gasteiger partial charge in [0.2, 0.25) is 5.91 Å². The number of carbonyl (C=O) groups excluding carboxylic acids is 2. The number of imide groups is 1. The quantitative estimate of drug-likeness (QED) is 0.855. The molecule has 1 aromatic carbocycles. The molecule has 5 nitrogen and oxygen atoms in total. The number of nitrogens with zero attached hydrogens (tertiary/aromatic N) is 2. The Labute approximate surface area is 105 Å². The molecule has 0 atom stereocenters. The molecule has 3 rings (SSSR count). The standard InChI is InChI=1S/C13H15N3O2/c17-12-6-9-16(13(18)14-12)11-4-2-10(3-5-11)15-7-1-8-15/h2-5H,1,6-9H2,(H,14,17,18). The molecule has 0 aliphatic carbocycles. The van der Waals surface area contributed by atoms with Gasteiger partial charge >= 0.3 is 6.03 Å². The zero-order valence-corrected chi connectivity index (χ0v) is 10.1. The summed E-state index contributed by atoms with van der Waals surface area (Å²) in [5.41, 5.74) is 2.03. The molecule has 0 radical (unpaired) electrons. The Balaban J connectivity index is 1.75. The summed E-state index contributed by atoms with van der Waals surface area (Å²) in [6.07, 6.45) is 1.61. The van der Waals surface area contributed by atoms with Crippen molar-refractivity contribution < 1.29 is 9.59 Å². The number of amides is 3. The highest BCUT2D eigenvalue weighted by Gasteiger charge is 2.24. The van der Waals surface area contributed by atoms with Crippen LogP contribution in [0.1, 0.15) is 12.8 Å². The van der Waals surface area contributed by atoms with E-state index in [1.54, 1.807) is 4.90 Å². The fourth-order valence-electron chi connectivity index (χ4n) is 2.23. The first kappa shape index (κ1) is 11.1. The minimum absolute atomic E-state index is 0.201. The molecule has 1 N–H and O–H groups in total. The monoisotopic (exact) mass is 245 g/mol. The van der Waals surface area contributed by atoms with Crippen molar-refractivity contribution in [2.24, 2.45) is 0 Å². The first-order valence-corrected chi connectivity index (χ1v) is 6.20. The van der Waals surface area contributed by atoms with Crippen molar-refractivity contribution in [3.8, 4) is 0 Å². The number of urea groups is 1. The van der Waals surface area contributed by atoms with Gasteiger partial charge in [-0.05, 0) is 30.7 Å². The van der Waals surface area contributed by atoms with Gasteiger partial charge in [-0.1, -0.05) is 0 Å². The van der Waals surface area contributed by atoms with Crippen LogP contribution in [-0.4, -0.2) is 31.6 Å². The lowest BCUT2D eigenvalue weighted by molar-refractivity contribution is -0.120. The van der Waals surface area contributed by atoms with Crippen LogP contribution < -0.4 is 15.1 Å². The normalized spacial score (nSPS) is 19.6. The van der Waals surface area contributed by atoms with E-state index in [1.165, 1.54) is 12.1 Å². The molecule has 2 aliphatic heterocycles. The van der Waals surface area contributed by atoms with Crippen molar-refractivity contribution in [2.75, 3.05) is 29.4 Å². The summed E-state index contributed by atoms with van der Waals surface area (Å²) in [4.78, 5) is 26.6. The number of rotatable bonds is 2. The van der Waals surface area contributed by atoms with Gasteiger partial charge in [0.25, 0.3) is 0 Å². The van der Waals surface area contributed by atoms with Crippen molar-refractivity contribution in [1.82, 2.24) is 5.32 Å². The molecule has 2 aliphatic rings. The average Bonchev–Trinajstić information content (AvgIpc) is 2.28. The van der Waals surface area contributed by atoms with Gasteiger partial charge in [-0.3, -0.25) is 15.0 Å². The largest absolute Gasteiger partial charge is 0.371 e. The second kappa shape index (κ2) is 4.33. The Hall–Kier alpha value is -2.04. The molecular formula is C13H15N3O2. The number of carbonyl (C=O) groups is 2. The Bertz CT molecular complexity index is 480.